The molecule has 0 bridgehead atoms. The van der Waals surface area contributed by atoms with Crippen molar-refractivity contribution in [1.82, 2.24) is 15.1 Å². The topological polar surface area (TPSA) is 98.1 Å². The van der Waals surface area contributed by atoms with E-state index >= 15 is 0 Å². The van der Waals surface area contributed by atoms with Crippen LogP contribution in [0, 0.1) is 0 Å². The zero-order chi connectivity index (χ0) is 20.3. The molecule has 0 aliphatic rings. The van der Waals surface area contributed by atoms with E-state index in [0.29, 0.717) is 11.3 Å². The zero-order valence-electron chi connectivity index (χ0n) is 15.4. The van der Waals surface area contributed by atoms with Gasteiger partial charge in [0, 0.05) is 12.3 Å². The SMILES string of the molecule is C[C@@H](NC(=O)c1ccc(=O)n(-c2ccccc2)n1)c1cccc(S(C)(=O)=O)c1. The number of rotatable bonds is 5. The van der Waals surface area contributed by atoms with Crippen molar-refractivity contribution in [3.05, 3.63) is 88.3 Å². The Labute approximate surface area is 162 Å². The van der Waals surface area contributed by atoms with Gasteiger partial charge in [-0.25, -0.2) is 8.42 Å². The summed E-state index contributed by atoms with van der Waals surface area (Å²) in [5.41, 5.74) is 0.926. The monoisotopic (exact) mass is 397 g/mol. The molecule has 7 nitrogen and oxygen atoms in total. The number of nitrogens with one attached hydrogen (secondary N) is 1. The van der Waals surface area contributed by atoms with Crippen molar-refractivity contribution in [2.24, 2.45) is 0 Å². The zero-order valence-corrected chi connectivity index (χ0v) is 16.2. The smallest absolute Gasteiger partial charge is 0.272 e. The largest absolute Gasteiger partial charge is 0.344 e. The predicted molar refractivity (Wildman–Crippen MR) is 105 cm³/mol. The highest BCUT2D eigenvalue weighted by Gasteiger charge is 2.16. The normalized spacial score (nSPS) is 12.4. The van der Waals surface area contributed by atoms with Gasteiger partial charge >= 0.3 is 0 Å². The molecule has 1 N–H and O–H groups in total. The van der Waals surface area contributed by atoms with Crippen LogP contribution in [0.15, 0.2) is 76.4 Å². The number of hydrogen-bond donors (Lipinski definition) is 1. The number of benzene rings is 2. The minimum atomic E-state index is -3.34. The van der Waals surface area contributed by atoms with Crippen LogP contribution >= 0.6 is 0 Å². The van der Waals surface area contributed by atoms with Crippen molar-refractivity contribution < 1.29 is 13.2 Å². The number of hydrogen-bond acceptors (Lipinski definition) is 5. The average molecular weight is 397 g/mol. The maximum atomic E-state index is 12.6. The van der Waals surface area contributed by atoms with Crippen LogP contribution in [0.1, 0.15) is 29.0 Å². The fraction of sp³-hybridized carbons (Fsp3) is 0.150. The lowest BCUT2D eigenvalue weighted by Gasteiger charge is -2.15. The van der Waals surface area contributed by atoms with Gasteiger partial charge in [0.2, 0.25) is 0 Å². The summed E-state index contributed by atoms with van der Waals surface area (Å²) in [6.07, 6.45) is 1.13. The molecule has 3 rings (SSSR count). The lowest BCUT2D eigenvalue weighted by Crippen LogP contribution is -2.30. The van der Waals surface area contributed by atoms with Crippen molar-refractivity contribution in [1.29, 1.82) is 0 Å². The molecule has 3 aromatic rings. The molecule has 0 saturated carbocycles. The predicted octanol–water partition coefficient (Wildman–Crippen LogP) is 2.13. The number of nitrogens with zero attached hydrogens (tertiary/aromatic N) is 2. The van der Waals surface area contributed by atoms with E-state index in [-0.39, 0.29) is 16.1 Å². The number of carbonyl (C=O) groups excluding carboxylic acids is 1. The van der Waals surface area contributed by atoms with Crippen molar-refractivity contribution in [3.63, 3.8) is 0 Å². The van der Waals surface area contributed by atoms with Crippen LogP contribution in [-0.4, -0.2) is 30.4 Å². The van der Waals surface area contributed by atoms with Crippen LogP contribution in [0.2, 0.25) is 0 Å². The van der Waals surface area contributed by atoms with Gasteiger partial charge in [0.05, 0.1) is 16.6 Å². The minimum absolute atomic E-state index is 0.0783. The second-order valence-electron chi connectivity index (χ2n) is 6.34. The standard InChI is InChI=1S/C20H19N3O4S/c1-14(15-7-6-10-17(13-15)28(2,26)27)21-20(25)18-11-12-19(24)23(22-18)16-8-4-3-5-9-16/h3-14H,1-2H3,(H,21,25)/t14-/m1/s1. The Hall–Kier alpha value is -3.26. The van der Waals surface area contributed by atoms with Crippen molar-refractivity contribution in [2.45, 2.75) is 17.9 Å². The maximum absolute atomic E-state index is 12.6. The molecule has 2 aromatic carbocycles. The van der Waals surface area contributed by atoms with E-state index in [0.717, 1.165) is 10.9 Å². The van der Waals surface area contributed by atoms with Crippen molar-refractivity contribution in [3.8, 4) is 5.69 Å². The maximum Gasteiger partial charge on any atom is 0.272 e. The van der Waals surface area contributed by atoms with Gasteiger partial charge < -0.3 is 5.32 Å². The molecule has 0 unspecified atom stereocenters. The number of carbonyl (C=O) groups is 1. The number of para-hydroxylation sites is 1. The first-order valence-electron chi connectivity index (χ1n) is 8.52. The fourth-order valence-electron chi connectivity index (χ4n) is 2.65. The summed E-state index contributed by atoms with van der Waals surface area (Å²) in [4.78, 5) is 24.9. The van der Waals surface area contributed by atoms with Gasteiger partial charge in [0.1, 0.15) is 5.69 Å². The summed E-state index contributed by atoms with van der Waals surface area (Å²) in [5.74, 6) is -0.470. The molecule has 0 fully saturated rings. The lowest BCUT2D eigenvalue weighted by atomic mass is 10.1. The number of sulfone groups is 1. The Morgan fingerprint density at radius 2 is 1.75 bits per heavy atom. The van der Waals surface area contributed by atoms with Crippen LogP contribution < -0.4 is 10.9 Å². The molecule has 0 aliphatic carbocycles. The Morgan fingerprint density at radius 3 is 2.43 bits per heavy atom. The third kappa shape index (κ3) is 4.34. The van der Waals surface area contributed by atoms with Crippen molar-refractivity contribution >= 4 is 15.7 Å². The molecule has 1 amide bonds. The van der Waals surface area contributed by atoms with Crippen LogP contribution in [0.5, 0.6) is 0 Å². The first-order valence-corrected chi connectivity index (χ1v) is 10.4. The van der Waals surface area contributed by atoms with Gasteiger partial charge in [-0.1, -0.05) is 30.3 Å². The third-order valence-corrected chi connectivity index (χ3v) is 5.28. The quantitative estimate of drug-likeness (QED) is 0.711. The first kappa shape index (κ1) is 19.5. The summed E-state index contributed by atoms with van der Waals surface area (Å²) in [6, 6.07) is 17.4. The molecule has 0 radical (unpaired) electrons. The Balaban J connectivity index is 1.85. The first-order chi connectivity index (χ1) is 13.3. The van der Waals surface area contributed by atoms with Gasteiger partial charge in [0.25, 0.3) is 11.5 Å². The van der Waals surface area contributed by atoms with Gasteiger partial charge in [-0.05, 0) is 42.8 Å². The van der Waals surface area contributed by atoms with Crippen molar-refractivity contribution in [2.75, 3.05) is 6.26 Å². The average Bonchev–Trinajstić information content (AvgIpc) is 2.68. The van der Waals surface area contributed by atoms with Crippen LogP contribution in [0.25, 0.3) is 5.69 Å². The third-order valence-electron chi connectivity index (χ3n) is 4.17. The minimum Gasteiger partial charge on any atom is -0.344 e. The van der Waals surface area contributed by atoms with E-state index in [4.69, 9.17) is 0 Å². The van der Waals surface area contributed by atoms with Crippen LogP contribution in [0.4, 0.5) is 0 Å². The molecule has 0 spiro atoms. The fourth-order valence-corrected chi connectivity index (χ4v) is 3.33. The second kappa shape index (κ2) is 7.77. The highest BCUT2D eigenvalue weighted by molar-refractivity contribution is 7.90. The molecule has 0 aliphatic heterocycles. The van der Waals surface area contributed by atoms with E-state index in [1.807, 2.05) is 6.07 Å². The summed E-state index contributed by atoms with van der Waals surface area (Å²) >= 11 is 0. The number of amides is 1. The van der Waals surface area contributed by atoms with E-state index in [1.165, 1.54) is 24.3 Å². The lowest BCUT2D eigenvalue weighted by molar-refractivity contribution is 0.0933. The van der Waals surface area contributed by atoms with Gasteiger partial charge in [-0.3, -0.25) is 9.59 Å². The Morgan fingerprint density at radius 1 is 1.04 bits per heavy atom. The van der Waals surface area contributed by atoms with Gasteiger partial charge in [-0.15, -0.1) is 0 Å². The molecule has 144 valence electrons. The van der Waals surface area contributed by atoms with Gasteiger partial charge in [0.15, 0.2) is 9.84 Å². The molecular formula is C20H19N3O4S. The second-order valence-corrected chi connectivity index (χ2v) is 8.36. The molecule has 0 saturated heterocycles. The van der Waals surface area contributed by atoms with E-state index < -0.39 is 21.8 Å². The highest BCUT2D eigenvalue weighted by Crippen LogP contribution is 2.18. The van der Waals surface area contributed by atoms with Gasteiger partial charge in [-0.2, -0.15) is 9.78 Å². The Bertz CT molecular complexity index is 1170. The summed E-state index contributed by atoms with van der Waals surface area (Å²) in [7, 11) is -3.34. The van der Waals surface area contributed by atoms with E-state index in [2.05, 4.69) is 10.4 Å². The molecule has 28 heavy (non-hydrogen) atoms. The molecule has 1 heterocycles. The highest BCUT2D eigenvalue weighted by atomic mass is 32.2. The Kier molecular flexibility index (Phi) is 5.41. The van der Waals surface area contributed by atoms with Crippen LogP contribution in [0.3, 0.4) is 0 Å². The summed E-state index contributed by atoms with van der Waals surface area (Å²) in [5, 5.41) is 6.92. The molecular weight excluding hydrogens is 378 g/mol. The number of aromatic nitrogens is 2. The van der Waals surface area contributed by atoms with E-state index in [1.54, 1.807) is 43.3 Å². The van der Waals surface area contributed by atoms with E-state index in [9.17, 15) is 18.0 Å². The molecule has 8 heteroatoms. The molecule has 1 atom stereocenters. The van der Waals surface area contributed by atoms with Crippen LogP contribution in [-0.2, 0) is 9.84 Å². The molecule has 1 aromatic heterocycles. The summed E-state index contributed by atoms with van der Waals surface area (Å²) < 4.78 is 24.6. The summed E-state index contributed by atoms with van der Waals surface area (Å²) in [6.45, 7) is 1.74.